The Kier molecular flexibility index (Phi) is 5.60. The van der Waals surface area contributed by atoms with Crippen molar-refractivity contribution in [2.45, 2.75) is 26.5 Å². The summed E-state index contributed by atoms with van der Waals surface area (Å²) in [4.78, 5) is 23.2. The third kappa shape index (κ3) is 4.36. The fraction of sp³-hybridized carbons (Fsp3) is 0.467. The number of ether oxygens (including phenoxy) is 4. The molecule has 1 N–H and O–H groups in total. The average molecular weight is 309 g/mol. The van der Waals surface area contributed by atoms with Crippen molar-refractivity contribution < 1.29 is 28.5 Å². The van der Waals surface area contributed by atoms with Gasteiger partial charge >= 0.3 is 5.97 Å². The van der Waals surface area contributed by atoms with E-state index in [1.165, 1.54) is 6.92 Å². The van der Waals surface area contributed by atoms with Gasteiger partial charge in [-0.3, -0.25) is 4.79 Å². The van der Waals surface area contributed by atoms with Gasteiger partial charge in [-0.05, 0) is 31.5 Å². The van der Waals surface area contributed by atoms with Gasteiger partial charge in [-0.25, -0.2) is 4.79 Å². The molecule has 1 amide bonds. The zero-order valence-electron chi connectivity index (χ0n) is 12.6. The number of rotatable bonds is 7. The van der Waals surface area contributed by atoms with Crippen LogP contribution in [0.5, 0.6) is 11.5 Å². The van der Waals surface area contributed by atoms with E-state index < -0.39 is 12.1 Å². The largest absolute Gasteiger partial charge is 0.454 e. The second kappa shape index (κ2) is 7.65. The number of carbonyl (C=O) groups excluding carboxylic acids is 2. The number of nitrogens with one attached hydrogen (secondary N) is 1. The predicted molar refractivity (Wildman–Crippen MR) is 76.5 cm³/mol. The first kappa shape index (κ1) is 16.1. The van der Waals surface area contributed by atoms with E-state index in [0.29, 0.717) is 24.7 Å². The topological polar surface area (TPSA) is 83.1 Å². The molecular weight excluding hydrogens is 290 g/mol. The van der Waals surface area contributed by atoms with Crippen LogP contribution in [0.1, 0.15) is 19.4 Å². The van der Waals surface area contributed by atoms with Crippen molar-refractivity contribution in [1.29, 1.82) is 0 Å². The molecule has 1 atom stereocenters. The molecule has 120 valence electrons. The zero-order chi connectivity index (χ0) is 15.9. The van der Waals surface area contributed by atoms with Crippen molar-refractivity contribution in [2.24, 2.45) is 0 Å². The summed E-state index contributed by atoms with van der Waals surface area (Å²) in [5, 5.41) is 2.70. The van der Waals surface area contributed by atoms with Gasteiger partial charge in [0.1, 0.15) is 6.61 Å². The number of carbonyl (C=O) groups is 2. The Morgan fingerprint density at radius 2 is 2.09 bits per heavy atom. The molecule has 7 nitrogen and oxygen atoms in total. The Balaban J connectivity index is 1.78. The molecule has 2 rings (SSSR count). The van der Waals surface area contributed by atoms with Gasteiger partial charge in [-0.15, -0.1) is 0 Å². The molecule has 0 saturated heterocycles. The smallest absolute Gasteiger partial charge is 0.332 e. The average Bonchev–Trinajstić information content (AvgIpc) is 2.98. The molecule has 0 saturated carbocycles. The van der Waals surface area contributed by atoms with Crippen LogP contribution in [0.2, 0.25) is 0 Å². The summed E-state index contributed by atoms with van der Waals surface area (Å²) in [5.74, 6) is 0.409. The van der Waals surface area contributed by atoms with Gasteiger partial charge < -0.3 is 24.3 Å². The second-order valence-electron chi connectivity index (χ2n) is 4.67. The van der Waals surface area contributed by atoms with E-state index in [1.54, 1.807) is 19.1 Å². The van der Waals surface area contributed by atoms with Gasteiger partial charge in [0.05, 0.1) is 0 Å². The summed E-state index contributed by atoms with van der Waals surface area (Å²) in [6.07, 6.45) is -0.873. The lowest BCUT2D eigenvalue weighted by atomic mass is 10.2. The van der Waals surface area contributed by atoms with Crippen LogP contribution in [0.15, 0.2) is 18.2 Å². The Morgan fingerprint density at radius 3 is 2.86 bits per heavy atom. The lowest BCUT2D eigenvalue weighted by Crippen LogP contribution is -2.36. The molecule has 0 unspecified atom stereocenters. The van der Waals surface area contributed by atoms with Crippen LogP contribution in [-0.2, 0) is 25.6 Å². The lowest BCUT2D eigenvalue weighted by molar-refractivity contribution is -0.158. The van der Waals surface area contributed by atoms with E-state index >= 15 is 0 Å². The fourth-order valence-corrected chi connectivity index (χ4v) is 1.85. The van der Waals surface area contributed by atoms with Crippen LogP contribution >= 0.6 is 0 Å². The number of benzene rings is 1. The minimum Gasteiger partial charge on any atom is -0.454 e. The third-order valence-electron chi connectivity index (χ3n) is 3.01. The van der Waals surface area contributed by atoms with E-state index in [9.17, 15) is 9.59 Å². The minimum atomic E-state index is -0.873. The van der Waals surface area contributed by atoms with Gasteiger partial charge in [0.25, 0.3) is 5.91 Å². The van der Waals surface area contributed by atoms with Gasteiger partial charge in [-0.2, -0.15) is 0 Å². The first-order chi connectivity index (χ1) is 10.6. The number of fused-ring (bicyclic) bond motifs is 1. The van der Waals surface area contributed by atoms with Crippen LogP contribution < -0.4 is 14.8 Å². The highest BCUT2D eigenvalue weighted by atomic mass is 16.7. The molecule has 1 aliphatic heterocycles. The summed E-state index contributed by atoms with van der Waals surface area (Å²) in [6, 6.07) is 5.42. The van der Waals surface area contributed by atoms with Crippen molar-refractivity contribution in [3.8, 4) is 11.5 Å². The van der Waals surface area contributed by atoms with Crippen LogP contribution in [-0.4, -0.2) is 38.0 Å². The molecule has 0 radical (unpaired) electrons. The van der Waals surface area contributed by atoms with E-state index in [4.69, 9.17) is 18.9 Å². The highest BCUT2D eigenvalue weighted by Crippen LogP contribution is 2.32. The number of hydrogen-bond donors (Lipinski definition) is 1. The molecule has 0 bridgehead atoms. The fourth-order valence-electron chi connectivity index (χ4n) is 1.85. The second-order valence-corrected chi connectivity index (χ2v) is 4.67. The molecular formula is C15H19NO6. The Labute approximate surface area is 128 Å². The van der Waals surface area contributed by atoms with E-state index in [0.717, 1.165) is 5.56 Å². The first-order valence-corrected chi connectivity index (χ1v) is 7.03. The number of hydrogen-bond acceptors (Lipinski definition) is 6. The Hall–Kier alpha value is -2.28. The summed E-state index contributed by atoms with van der Waals surface area (Å²) < 4.78 is 20.4. The Bertz CT molecular complexity index is 545. The molecule has 0 aliphatic carbocycles. The zero-order valence-corrected chi connectivity index (χ0v) is 12.6. The van der Waals surface area contributed by atoms with Gasteiger partial charge in [0, 0.05) is 13.2 Å². The lowest BCUT2D eigenvalue weighted by Gasteiger charge is -2.13. The van der Waals surface area contributed by atoms with Crippen LogP contribution in [0, 0.1) is 0 Å². The van der Waals surface area contributed by atoms with E-state index in [-0.39, 0.29) is 19.3 Å². The van der Waals surface area contributed by atoms with E-state index in [1.807, 2.05) is 6.07 Å². The minimum absolute atomic E-state index is 0.156. The maximum absolute atomic E-state index is 11.9. The normalized spacial score (nSPS) is 13.5. The van der Waals surface area contributed by atoms with Gasteiger partial charge in [0.2, 0.25) is 6.79 Å². The quantitative estimate of drug-likeness (QED) is 0.757. The van der Waals surface area contributed by atoms with Gasteiger partial charge in [-0.1, -0.05) is 6.07 Å². The maximum Gasteiger partial charge on any atom is 0.332 e. The third-order valence-corrected chi connectivity index (χ3v) is 3.01. The molecule has 7 heteroatoms. The molecule has 0 aromatic heterocycles. The van der Waals surface area contributed by atoms with Gasteiger partial charge in [0.15, 0.2) is 17.6 Å². The van der Waals surface area contributed by atoms with Crippen molar-refractivity contribution in [3.05, 3.63) is 23.8 Å². The molecule has 1 aromatic carbocycles. The summed E-state index contributed by atoms with van der Waals surface area (Å²) in [6.45, 7) is 4.06. The Morgan fingerprint density at radius 1 is 1.32 bits per heavy atom. The number of amides is 1. The molecule has 0 fully saturated rings. The van der Waals surface area contributed by atoms with Crippen molar-refractivity contribution >= 4 is 11.9 Å². The standard InChI is InChI=1S/C15H19NO6/c1-3-19-8-14(17)22-10(2)15(18)16-7-11-4-5-12-13(6-11)21-9-20-12/h4-6,10H,3,7-9H2,1-2H3,(H,16,18)/t10-/m0/s1. The molecule has 1 heterocycles. The molecule has 0 spiro atoms. The molecule has 1 aromatic rings. The number of esters is 1. The first-order valence-electron chi connectivity index (χ1n) is 7.03. The van der Waals surface area contributed by atoms with E-state index in [2.05, 4.69) is 5.32 Å². The van der Waals surface area contributed by atoms with Crippen LogP contribution in [0.3, 0.4) is 0 Å². The van der Waals surface area contributed by atoms with Crippen LogP contribution in [0.4, 0.5) is 0 Å². The predicted octanol–water partition coefficient (Wildman–Crippen LogP) is 1.000. The highest BCUT2D eigenvalue weighted by molar-refractivity contribution is 5.83. The SMILES string of the molecule is CCOCC(=O)O[C@@H](C)C(=O)NCc1ccc2c(c1)OCO2. The van der Waals surface area contributed by atoms with Crippen molar-refractivity contribution in [3.63, 3.8) is 0 Å². The summed E-state index contributed by atoms with van der Waals surface area (Å²) in [7, 11) is 0. The molecule has 1 aliphatic rings. The monoisotopic (exact) mass is 309 g/mol. The summed E-state index contributed by atoms with van der Waals surface area (Å²) in [5.41, 5.74) is 0.866. The maximum atomic E-state index is 11.9. The summed E-state index contributed by atoms with van der Waals surface area (Å²) >= 11 is 0. The van der Waals surface area contributed by atoms with Crippen molar-refractivity contribution in [1.82, 2.24) is 5.32 Å². The molecule has 22 heavy (non-hydrogen) atoms. The van der Waals surface area contributed by atoms with Crippen LogP contribution in [0.25, 0.3) is 0 Å². The van der Waals surface area contributed by atoms with Crippen molar-refractivity contribution in [2.75, 3.05) is 20.0 Å². The highest BCUT2D eigenvalue weighted by Gasteiger charge is 2.18.